The van der Waals surface area contributed by atoms with Gasteiger partial charge in [0, 0.05) is 32.5 Å². The van der Waals surface area contributed by atoms with E-state index in [-0.39, 0.29) is 11.3 Å². The molecule has 1 aromatic rings. The molecule has 1 saturated heterocycles. The number of nitrogens with zero attached hydrogens (tertiary/aromatic N) is 2. The lowest BCUT2D eigenvalue weighted by Crippen LogP contribution is -2.35. The molecule has 1 aliphatic heterocycles. The number of hydrogen-bond donors (Lipinski definition) is 2. The summed E-state index contributed by atoms with van der Waals surface area (Å²) in [5.41, 5.74) is -0.269. The second-order valence-corrected chi connectivity index (χ2v) is 6.51. The number of aromatic nitrogens is 2. The first-order chi connectivity index (χ1) is 10.7. The van der Waals surface area contributed by atoms with Gasteiger partial charge in [0.25, 0.3) is 0 Å². The highest BCUT2D eigenvalue weighted by molar-refractivity contribution is 5.94. The van der Waals surface area contributed by atoms with E-state index < -0.39 is 0 Å². The highest BCUT2D eigenvalue weighted by Crippen LogP contribution is 2.42. The van der Waals surface area contributed by atoms with Crippen LogP contribution < -0.4 is 10.6 Å². The van der Waals surface area contributed by atoms with Crippen molar-refractivity contribution >= 4 is 11.7 Å². The summed E-state index contributed by atoms with van der Waals surface area (Å²) in [5.74, 6) is 0.775. The van der Waals surface area contributed by atoms with Crippen molar-refractivity contribution in [1.82, 2.24) is 15.1 Å². The maximum absolute atomic E-state index is 12.7. The van der Waals surface area contributed by atoms with Crippen molar-refractivity contribution in [3.63, 3.8) is 0 Å². The average molecular weight is 306 g/mol. The van der Waals surface area contributed by atoms with E-state index in [2.05, 4.69) is 15.7 Å². The Morgan fingerprint density at radius 3 is 3.05 bits per heavy atom. The van der Waals surface area contributed by atoms with Gasteiger partial charge in [-0.1, -0.05) is 12.8 Å². The second kappa shape index (κ2) is 6.79. The fourth-order valence-corrected chi connectivity index (χ4v) is 3.66. The Morgan fingerprint density at radius 1 is 1.55 bits per heavy atom. The minimum atomic E-state index is -0.269. The van der Waals surface area contributed by atoms with Crippen LogP contribution in [0.2, 0.25) is 0 Å². The lowest BCUT2D eigenvalue weighted by molar-refractivity contribution is -0.126. The van der Waals surface area contributed by atoms with E-state index >= 15 is 0 Å². The van der Waals surface area contributed by atoms with Gasteiger partial charge in [-0.25, -0.2) is 0 Å². The number of carbonyl (C=O) groups excluding carboxylic acids is 1. The number of hydrogen-bond acceptors (Lipinski definition) is 4. The van der Waals surface area contributed by atoms with Gasteiger partial charge in [0.2, 0.25) is 5.91 Å². The van der Waals surface area contributed by atoms with Gasteiger partial charge in [-0.3, -0.25) is 9.48 Å². The molecule has 0 aromatic carbocycles. The van der Waals surface area contributed by atoms with Crippen LogP contribution in [0.4, 0.5) is 5.82 Å². The maximum atomic E-state index is 12.7. The first-order valence-corrected chi connectivity index (χ1v) is 8.30. The van der Waals surface area contributed by atoms with Crippen LogP contribution in [-0.4, -0.2) is 42.5 Å². The van der Waals surface area contributed by atoms with E-state index in [1.165, 1.54) is 0 Å². The van der Waals surface area contributed by atoms with Crippen LogP contribution in [0, 0.1) is 5.41 Å². The molecule has 6 nitrogen and oxygen atoms in total. The molecule has 3 rings (SSSR count). The average Bonchev–Trinajstić information content (AvgIpc) is 3.26. The number of carbonyl (C=O) groups is 1. The number of amides is 1. The van der Waals surface area contributed by atoms with Gasteiger partial charge in [0.05, 0.1) is 11.5 Å². The summed E-state index contributed by atoms with van der Waals surface area (Å²) >= 11 is 0. The van der Waals surface area contributed by atoms with Gasteiger partial charge < -0.3 is 15.4 Å². The summed E-state index contributed by atoms with van der Waals surface area (Å²) in [6.45, 7) is 2.62. The lowest BCUT2D eigenvalue weighted by atomic mass is 9.82. The fourth-order valence-electron chi connectivity index (χ4n) is 3.66. The number of rotatable bonds is 6. The highest BCUT2D eigenvalue weighted by Gasteiger charge is 2.40. The second-order valence-electron chi connectivity index (χ2n) is 6.51. The first kappa shape index (κ1) is 15.5. The van der Waals surface area contributed by atoms with Crippen molar-refractivity contribution in [2.24, 2.45) is 5.41 Å². The minimum Gasteiger partial charge on any atom is -0.385 e. The standard InChI is InChI=1S/C16H26N4O2/c1-22-11-8-16(6-2-3-7-16)15(21)18-14-5-10-20(19-14)13-4-9-17-12-13/h5,10,13,17H,2-4,6-9,11-12H2,1H3,(H,18,19,21)/t13-/m0/s1. The molecule has 0 spiro atoms. The van der Waals surface area contributed by atoms with Gasteiger partial charge in [0.1, 0.15) is 0 Å². The molecule has 2 fully saturated rings. The monoisotopic (exact) mass is 306 g/mol. The van der Waals surface area contributed by atoms with Crippen molar-refractivity contribution in [2.45, 2.75) is 44.6 Å². The molecule has 1 aliphatic carbocycles. The Bertz CT molecular complexity index is 502. The van der Waals surface area contributed by atoms with Crippen LogP contribution in [0.1, 0.15) is 44.6 Å². The molecule has 0 radical (unpaired) electrons. The van der Waals surface area contributed by atoms with Crippen LogP contribution in [0.15, 0.2) is 12.3 Å². The summed E-state index contributed by atoms with van der Waals surface area (Å²) in [5, 5.41) is 10.9. The van der Waals surface area contributed by atoms with Crippen LogP contribution in [-0.2, 0) is 9.53 Å². The first-order valence-electron chi connectivity index (χ1n) is 8.30. The number of methoxy groups -OCH3 is 1. The zero-order chi connectivity index (χ0) is 15.4. The Balaban J connectivity index is 1.64. The highest BCUT2D eigenvalue weighted by atomic mass is 16.5. The van der Waals surface area contributed by atoms with E-state index in [1.54, 1.807) is 7.11 Å². The molecule has 0 unspecified atom stereocenters. The van der Waals surface area contributed by atoms with Crippen LogP contribution in [0.3, 0.4) is 0 Å². The molecule has 0 bridgehead atoms. The molecule has 1 amide bonds. The maximum Gasteiger partial charge on any atom is 0.231 e. The van der Waals surface area contributed by atoms with Gasteiger partial charge in [-0.2, -0.15) is 5.10 Å². The van der Waals surface area contributed by atoms with E-state index in [4.69, 9.17) is 4.74 Å². The molecule has 1 atom stereocenters. The van der Waals surface area contributed by atoms with Gasteiger partial charge in [-0.05, 0) is 32.2 Å². The zero-order valence-electron chi connectivity index (χ0n) is 13.3. The largest absolute Gasteiger partial charge is 0.385 e. The topological polar surface area (TPSA) is 68.2 Å². The molecule has 2 N–H and O–H groups in total. The molecular formula is C16H26N4O2. The van der Waals surface area contributed by atoms with E-state index in [0.717, 1.165) is 51.6 Å². The fraction of sp³-hybridized carbons (Fsp3) is 0.750. The Labute approximate surface area is 131 Å². The van der Waals surface area contributed by atoms with Crippen LogP contribution in [0.5, 0.6) is 0 Å². The SMILES string of the molecule is COCCC1(C(=O)Nc2ccn([C@H]3CCNC3)n2)CCCC1. The summed E-state index contributed by atoms with van der Waals surface area (Å²) in [6, 6.07) is 2.30. The van der Waals surface area contributed by atoms with Gasteiger partial charge in [-0.15, -0.1) is 0 Å². The minimum absolute atomic E-state index is 0.108. The van der Waals surface area contributed by atoms with Crippen LogP contribution >= 0.6 is 0 Å². The number of nitrogens with one attached hydrogen (secondary N) is 2. The molecule has 1 saturated carbocycles. The lowest BCUT2D eigenvalue weighted by Gasteiger charge is -2.26. The molecule has 2 heterocycles. The Morgan fingerprint density at radius 2 is 2.36 bits per heavy atom. The van der Waals surface area contributed by atoms with Crippen LogP contribution in [0.25, 0.3) is 0 Å². The van der Waals surface area contributed by atoms with E-state index in [1.807, 2.05) is 16.9 Å². The van der Waals surface area contributed by atoms with Crippen molar-refractivity contribution in [3.05, 3.63) is 12.3 Å². The number of ether oxygens (including phenoxy) is 1. The van der Waals surface area contributed by atoms with E-state index in [9.17, 15) is 4.79 Å². The Kier molecular flexibility index (Phi) is 4.78. The summed E-state index contributed by atoms with van der Waals surface area (Å²) in [4.78, 5) is 12.7. The molecule has 6 heteroatoms. The predicted octanol–water partition coefficient (Wildman–Crippen LogP) is 1.95. The summed E-state index contributed by atoms with van der Waals surface area (Å²) in [6.07, 6.45) is 8.00. The zero-order valence-corrected chi connectivity index (χ0v) is 13.3. The number of anilines is 1. The summed E-state index contributed by atoms with van der Waals surface area (Å²) < 4.78 is 7.16. The quantitative estimate of drug-likeness (QED) is 0.843. The molecule has 122 valence electrons. The normalized spacial score (nSPS) is 23.8. The Hall–Kier alpha value is -1.40. The summed E-state index contributed by atoms with van der Waals surface area (Å²) in [7, 11) is 1.69. The van der Waals surface area contributed by atoms with Crippen molar-refractivity contribution < 1.29 is 9.53 Å². The third-order valence-corrected chi connectivity index (χ3v) is 5.09. The predicted molar refractivity (Wildman–Crippen MR) is 84.8 cm³/mol. The third kappa shape index (κ3) is 3.17. The third-order valence-electron chi connectivity index (χ3n) is 5.09. The van der Waals surface area contributed by atoms with Gasteiger partial charge in [0.15, 0.2) is 5.82 Å². The molecular weight excluding hydrogens is 280 g/mol. The van der Waals surface area contributed by atoms with Crippen molar-refractivity contribution in [1.29, 1.82) is 0 Å². The molecule has 22 heavy (non-hydrogen) atoms. The molecule has 1 aromatic heterocycles. The molecule has 2 aliphatic rings. The van der Waals surface area contributed by atoms with Crippen molar-refractivity contribution in [2.75, 3.05) is 32.1 Å². The van der Waals surface area contributed by atoms with Gasteiger partial charge >= 0.3 is 0 Å². The van der Waals surface area contributed by atoms with Crippen molar-refractivity contribution in [3.8, 4) is 0 Å². The van der Waals surface area contributed by atoms with E-state index in [0.29, 0.717) is 18.5 Å². The smallest absolute Gasteiger partial charge is 0.231 e.